The maximum Gasteiger partial charge on any atom is 0.0487 e. The van der Waals surface area contributed by atoms with Crippen LogP contribution in [0, 0.1) is 0 Å². The molecule has 0 aliphatic carbocycles. The summed E-state index contributed by atoms with van der Waals surface area (Å²) in [5.41, 5.74) is 0. The SMILES string of the molecule is [Cr].c1cn[nH]c1. The Labute approximate surface area is 46.7 Å². The molecule has 1 rings (SSSR count). The van der Waals surface area contributed by atoms with Gasteiger partial charge in [0.15, 0.2) is 0 Å². The van der Waals surface area contributed by atoms with Crippen molar-refractivity contribution in [3.63, 3.8) is 0 Å². The fourth-order valence-electron chi connectivity index (χ4n) is 0.215. The molecule has 0 atom stereocenters. The van der Waals surface area contributed by atoms with Gasteiger partial charge in [-0.1, -0.05) is 0 Å². The summed E-state index contributed by atoms with van der Waals surface area (Å²) in [5, 5.41) is 6.21. The predicted molar refractivity (Wildman–Crippen MR) is 18.6 cm³/mol. The van der Waals surface area contributed by atoms with Crippen LogP contribution >= 0.6 is 0 Å². The van der Waals surface area contributed by atoms with E-state index in [4.69, 9.17) is 0 Å². The zero-order valence-corrected chi connectivity index (χ0v) is 4.36. The molecule has 1 aromatic rings. The number of nitrogens with one attached hydrogen (secondary N) is 1. The van der Waals surface area contributed by atoms with Gasteiger partial charge in [-0.25, -0.2) is 0 Å². The fraction of sp³-hybridized carbons (Fsp3) is 0. The molecule has 0 unspecified atom stereocenters. The molecular formula is C3H4CrN2. The molecule has 0 amide bonds. The molecule has 0 saturated carbocycles. The predicted octanol–water partition coefficient (Wildman–Crippen LogP) is 0.407. The smallest absolute Gasteiger partial charge is 0.0487 e. The first kappa shape index (κ1) is 5.74. The van der Waals surface area contributed by atoms with Crippen LogP contribution in [0.4, 0.5) is 0 Å². The molecule has 0 radical (unpaired) electrons. The van der Waals surface area contributed by atoms with E-state index in [1.165, 1.54) is 0 Å². The van der Waals surface area contributed by atoms with Gasteiger partial charge in [0.1, 0.15) is 0 Å². The van der Waals surface area contributed by atoms with E-state index in [1.54, 1.807) is 12.4 Å². The third kappa shape index (κ3) is 1.25. The van der Waals surface area contributed by atoms with Crippen LogP contribution in [0.15, 0.2) is 18.5 Å². The minimum absolute atomic E-state index is 0. The monoisotopic (exact) mass is 120 g/mol. The molecule has 6 heavy (non-hydrogen) atoms. The van der Waals surface area contributed by atoms with E-state index in [0.29, 0.717) is 0 Å². The molecule has 32 valence electrons. The summed E-state index contributed by atoms with van der Waals surface area (Å²) >= 11 is 0. The van der Waals surface area contributed by atoms with Gasteiger partial charge < -0.3 is 0 Å². The topological polar surface area (TPSA) is 28.7 Å². The minimum atomic E-state index is 0. The van der Waals surface area contributed by atoms with Gasteiger partial charge in [-0.3, -0.25) is 5.10 Å². The Hall–Kier alpha value is -0.258. The number of nitrogens with zero attached hydrogens (tertiary/aromatic N) is 1. The molecule has 0 aliphatic rings. The second kappa shape index (κ2) is 2.95. The van der Waals surface area contributed by atoms with E-state index >= 15 is 0 Å². The quantitative estimate of drug-likeness (QED) is 0.527. The van der Waals surface area contributed by atoms with Crippen molar-refractivity contribution in [2.45, 2.75) is 0 Å². The Bertz CT molecular complexity index is 65.3. The fourth-order valence-corrected chi connectivity index (χ4v) is 0.215. The zero-order chi connectivity index (χ0) is 3.54. The molecule has 1 N–H and O–H groups in total. The van der Waals surface area contributed by atoms with Gasteiger partial charge in [0.25, 0.3) is 0 Å². The van der Waals surface area contributed by atoms with Crippen molar-refractivity contribution < 1.29 is 17.4 Å². The Morgan fingerprint density at radius 2 is 2.33 bits per heavy atom. The average molecular weight is 120 g/mol. The van der Waals surface area contributed by atoms with E-state index in [9.17, 15) is 0 Å². The summed E-state index contributed by atoms with van der Waals surface area (Å²) in [7, 11) is 0. The molecule has 3 heteroatoms. The molecular weight excluding hydrogens is 116 g/mol. The zero-order valence-electron chi connectivity index (χ0n) is 3.09. The third-order valence-electron chi connectivity index (χ3n) is 0.406. The second-order valence-electron chi connectivity index (χ2n) is 0.766. The van der Waals surface area contributed by atoms with Crippen molar-refractivity contribution in [1.29, 1.82) is 0 Å². The van der Waals surface area contributed by atoms with E-state index < -0.39 is 0 Å². The minimum Gasteiger partial charge on any atom is -0.286 e. The summed E-state index contributed by atoms with van der Waals surface area (Å²) in [6, 6.07) is 1.83. The number of hydrogen-bond acceptors (Lipinski definition) is 1. The summed E-state index contributed by atoms with van der Waals surface area (Å²) in [6.45, 7) is 0. The van der Waals surface area contributed by atoms with Gasteiger partial charge in [0.2, 0.25) is 0 Å². The maximum atomic E-state index is 3.60. The Kier molecular flexibility index (Phi) is 2.83. The summed E-state index contributed by atoms with van der Waals surface area (Å²) in [6.07, 6.45) is 3.46. The first-order valence-electron chi connectivity index (χ1n) is 1.44. The van der Waals surface area contributed by atoms with Crippen LogP contribution < -0.4 is 0 Å². The van der Waals surface area contributed by atoms with Gasteiger partial charge in [-0.2, -0.15) is 5.10 Å². The standard InChI is InChI=1S/C3H4N2.Cr/c1-2-4-5-3-1;/h1-3H,(H,4,5);. The van der Waals surface area contributed by atoms with Crippen LogP contribution in [0.25, 0.3) is 0 Å². The van der Waals surface area contributed by atoms with E-state index in [0.717, 1.165) is 0 Å². The van der Waals surface area contributed by atoms with Crippen LogP contribution in [0.1, 0.15) is 0 Å². The summed E-state index contributed by atoms with van der Waals surface area (Å²) in [4.78, 5) is 0. The normalized spacial score (nSPS) is 6.67. The summed E-state index contributed by atoms with van der Waals surface area (Å²) in [5.74, 6) is 0. The van der Waals surface area contributed by atoms with E-state index in [1.807, 2.05) is 6.07 Å². The molecule has 1 aromatic heterocycles. The molecule has 2 nitrogen and oxygen atoms in total. The average Bonchev–Trinajstić information content (AvgIpc) is 1.76. The van der Waals surface area contributed by atoms with Crippen molar-refractivity contribution in [3.05, 3.63) is 18.5 Å². The molecule has 0 fully saturated rings. The molecule has 0 bridgehead atoms. The number of H-pyrrole nitrogens is 1. The van der Waals surface area contributed by atoms with Crippen LogP contribution in [0.3, 0.4) is 0 Å². The first-order valence-corrected chi connectivity index (χ1v) is 1.44. The van der Waals surface area contributed by atoms with Crippen molar-refractivity contribution in [1.82, 2.24) is 10.2 Å². The van der Waals surface area contributed by atoms with Gasteiger partial charge in [0.05, 0.1) is 0 Å². The van der Waals surface area contributed by atoms with Crippen molar-refractivity contribution in [2.75, 3.05) is 0 Å². The number of hydrogen-bond donors (Lipinski definition) is 1. The van der Waals surface area contributed by atoms with Crippen LogP contribution in [0.5, 0.6) is 0 Å². The van der Waals surface area contributed by atoms with Crippen LogP contribution in [0.2, 0.25) is 0 Å². The van der Waals surface area contributed by atoms with Crippen molar-refractivity contribution in [3.8, 4) is 0 Å². The largest absolute Gasteiger partial charge is 0.286 e. The molecule has 1 heterocycles. The van der Waals surface area contributed by atoms with Crippen molar-refractivity contribution in [2.24, 2.45) is 0 Å². The van der Waals surface area contributed by atoms with E-state index in [2.05, 4.69) is 10.2 Å². The van der Waals surface area contributed by atoms with Gasteiger partial charge in [-0.05, 0) is 6.07 Å². The third-order valence-corrected chi connectivity index (χ3v) is 0.406. The molecule has 0 aliphatic heterocycles. The number of aromatic amines is 1. The first-order chi connectivity index (χ1) is 2.50. The number of aromatic nitrogens is 2. The number of rotatable bonds is 0. The Morgan fingerprint density at radius 1 is 1.50 bits per heavy atom. The van der Waals surface area contributed by atoms with Crippen LogP contribution in [-0.4, -0.2) is 10.2 Å². The van der Waals surface area contributed by atoms with Crippen molar-refractivity contribution >= 4 is 0 Å². The molecule has 0 spiro atoms. The van der Waals surface area contributed by atoms with Gasteiger partial charge in [0, 0.05) is 29.8 Å². The second-order valence-corrected chi connectivity index (χ2v) is 0.766. The Balaban J connectivity index is 0.000000250. The van der Waals surface area contributed by atoms with Gasteiger partial charge >= 0.3 is 0 Å². The van der Waals surface area contributed by atoms with E-state index in [-0.39, 0.29) is 17.4 Å². The summed E-state index contributed by atoms with van der Waals surface area (Å²) < 4.78 is 0. The molecule has 0 aromatic carbocycles. The van der Waals surface area contributed by atoms with Crippen LogP contribution in [-0.2, 0) is 17.4 Å². The molecule has 0 saturated heterocycles. The Morgan fingerprint density at radius 3 is 2.50 bits per heavy atom. The van der Waals surface area contributed by atoms with Gasteiger partial charge in [-0.15, -0.1) is 0 Å². The maximum absolute atomic E-state index is 3.60.